The first kappa shape index (κ1) is 14.3. The van der Waals surface area contributed by atoms with Crippen molar-refractivity contribution < 1.29 is 5.11 Å². The Labute approximate surface area is 118 Å². The average molecular weight is 288 g/mol. The molecule has 1 heterocycles. The molecule has 1 unspecified atom stereocenters. The van der Waals surface area contributed by atoms with Crippen molar-refractivity contribution in [3.05, 3.63) is 21.3 Å². The van der Waals surface area contributed by atoms with E-state index in [4.69, 9.17) is 11.6 Å². The lowest BCUT2D eigenvalue weighted by molar-refractivity contribution is -0.00782. The number of halogens is 1. The number of rotatable bonds is 4. The number of hydrogen-bond acceptors (Lipinski definition) is 3. The van der Waals surface area contributed by atoms with Crippen LogP contribution in [0.1, 0.15) is 51.1 Å². The van der Waals surface area contributed by atoms with Crippen molar-refractivity contribution >= 4 is 22.9 Å². The number of aliphatic hydroxyl groups is 1. The molecule has 0 radical (unpaired) electrons. The van der Waals surface area contributed by atoms with E-state index in [9.17, 15) is 5.11 Å². The second kappa shape index (κ2) is 5.91. The molecule has 2 rings (SSSR count). The SMILES string of the molecule is CC1CCC(O)(CNC(C)c2csc(Cl)c2)CC1. The van der Waals surface area contributed by atoms with E-state index >= 15 is 0 Å². The summed E-state index contributed by atoms with van der Waals surface area (Å²) in [4.78, 5) is 0. The van der Waals surface area contributed by atoms with Gasteiger partial charge in [-0.25, -0.2) is 0 Å². The van der Waals surface area contributed by atoms with Crippen molar-refractivity contribution in [1.82, 2.24) is 5.32 Å². The molecule has 1 aliphatic carbocycles. The quantitative estimate of drug-likeness (QED) is 0.877. The fourth-order valence-corrected chi connectivity index (χ4v) is 3.47. The second-order valence-corrected chi connectivity index (χ2v) is 7.24. The highest BCUT2D eigenvalue weighted by atomic mass is 35.5. The van der Waals surface area contributed by atoms with Crippen molar-refractivity contribution in [1.29, 1.82) is 0 Å². The van der Waals surface area contributed by atoms with Crippen LogP contribution in [-0.2, 0) is 0 Å². The molecule has 0 aliphatic heterocycles. The minimum absolute atomic E-state index is 0.247. The van der Waals surface area contributed by atoms with Crippen molar-refractivity contribution in [3.8, 4) is 0 Å². The number of thiophene rings is 1. The van der Waals surface area contributed by atoms with Crippen LogP contribution in [0.25, 0.3) is 0 Å². The molecule has 0 bridgehead atoms. The van der Waals surface area contributed by atoms with Crippen molar-refractivity contribution in [3.63, 3.8) is 0 Å². The van der Waals surface area contributed by atoms with Gasteiger partial charge in [-0.15, -0.1) is 11.3 Å². The fraction of sp³-hybridized carbons (Fsp3) is 0.714. The second-order valence-electron chi connectivity index (χ2n) is 5.69. The maximum atomic E-state index is 10.5. The molecule has 1 aromatic rings. The summed E-state index contributed by atoms with van der Waals surface area (Å²) >= 11 is 7.49. The molecule has 1 saturated carbocycles. The molecular formula is C14H22ClNOS. The molecular weight excluding hydrogens is 266 g/mol. The van der Waals surface area contributed by atoms with Gasteiger partial charge in [-0.1, -0.05) is 18.5 Å². The zero-order valence-corrected chi connectivity index (χ0v) is 12.7. The Bertz CT molecular complexity index is 385. The fourth-order valence-electron chi connectivity index (χ4n) is 2.49. The Balaban J connectivity index is 1.84. The van der Waals surface area contributed by atoms with Gasteiger partial charge in [0.05, 0.1) is 9.94 Å². The molecule has 1 aromatic heterocycles. The summed E-state index contributed by atoms with van der Waals surface area (Å²) in [6, 6.07) is 2.24. The molecule has 2 nitrogen and oxygen atoms in total. The zero-order chi connectivity index (χ0) is 13.2. The predicted octanol–water partition coefficient (Wildman–Crippen LogP) is 3.99. The van der Waals surface area contributed by atoms with Gasteiger partial charge in [0.15, 0.2) is 0 Å². The third kappa shape index (κ3) is 3.70. The van der Waals surface area contributed by atoms with Crippen molar-refractivity contribution in [2.75, 3.05) is 6.54 Å². The van der Waals surface area contributed by atoms with Gasteiger partial charge in [-0.3, -0.25) is 0 Å². The van der Waals surface area contributed by atoms with Gasteiger partial charge in [-0.2, -0.15) is 0 Å². The van der Waals surface area contributed by atoms with E-state index in [1.807, 2.05) is 6.07 Å². The standard InChI is InChI=1S/C14H22ClNOS/c1-10-3-5-14(17,6-4-10)9-16-11(2)12-7-13(15)18-8-12/h7-8,10-11,16-17H,3-6,9H2,1-2H3. The molecule has 0 spiro atoms. The molecule has 0 saturated heterocycles. The van der Waals surface area contributed by atoms with Crippen LogP contribution < -0.4 is 5.32 Å². The molecule has 1 fully saturated rings. The van der Waals surface area contributed by atoms with Crippen LogP contribution in [0.15, 0.2) is 11.4 Å². The van der Waals surface area contributed by atoms with Gasteiger partial charge in [0.2, 0.25) is 0 Å². The Morgan fingerprint density at radius 1 is 1.56 bits per heavy atom. The van der Waals surface area contributed by atoms with Gasteiger partial charge in [-0.05, 0) is 55.5 Å². The van der Waals surface area contributed by atoms with Crippen LogP contribution in [0.4, 0.5) is 0 Å². The zero-order valence-electron chi connectivity index (χ0n) is 11.1. The Kier molecular flexibility index (Phi) is 4.70. The third-order valence-electron chi connectivity index (χ3n) is 4.03. The molecule has 1 atom stereocenters. The van der Waals surface area contributed by atoms with E-state index < -0.39 is 5.60 Å². The number of hydrogen-bond donors (Lipinski definition) is 2. The van der Waals surface area contributed by atoms with Gasteiger partial charge < -0.3 is 10.4 Å². The van der Waals surface area contributed by atoms with E-state index in [1.54, 1.807) is 11.3 Å². The molecule has 0 aromatic carbocycles. The first-order valence-corrected chi connectivity index (χ1v) is 7.94. The summed E-state index contributed by atoms with van der Waals surface area (Å²) < 4.78 is 0.823. The third-order valence-corrected chi connectivity index (χ3v) is 5.14. The highest BCUT2D eigenvalue weighted by Crippen LogP contribution is 2.32. The highest BCUT2D eigenvalue weighted by Gasteiger charge is 2.31. The minimum atomic E-state index is -0.513. The van der Waals surface area contributed by atoms with Gasteiger partial charge in [0.1, 0.15) is 0 Å². The largest absolute Gasteiger partial charge is 0.389 e. The van der Waals surface area contributed by atoms with Crippen LogP contribution in [-0.4, -0.2) is 17.3 Å². The summed E-state index contributed by atoms with van der Waals surface area (Å²) in [5, 5.41) is 16.0. The summed E-state index contributed by atoms with van der Waals surface area (Å²) in [5.41, 5.74) is 0.693. The molecule has 4 heteroatoms. The first-order chi connectivity index (χ1) is 8.48. The lowest BCUT2D eigenvalue weighted by Crippen LogP contribution is -2.43. The normalized spacial score (nSPS) is 30.3. The Hall–Kier alpha value is -0.0900. The van der Waals surface area contributed by atoms with Gasteiger partial charge >= 0.3 is 0 Å². The van der Waals surface area contributed by atoms with E-state index in [-0.39, 0.29) is 6.04 Å². The molecule has 0 amide bonds. The maximum absolute atomic E-state index is 10.5. The van der Waals surface area contributed by atoms with Crippen LogP contribution in [0, 0.1) is 5.92 Å². The lowest BCUT2D eigenvalue weighted by atomic mass is 9.79. The lowest BCUT2D eigenvalue weighted by Gasteiger charge is -2.35. The summed E-state index contributed by atoms with van der Waals surface area (Å²) in [6.45, 7) is 5.06. The maximum Gasteiger partial charge on any atom is 0.0931 e. The van der Waals surface area contributed by atoms with E-state index in [1.165, 1.54) is 5.56 Å². The first-order valence-electron chi connectivity index (χ1n) is 6.68. The predicted molar refractivity (Wildman–Crippen MR) is 78.3 cm³/mol. The van der Waals surface area contributed by atoms with E-state index in [0.717, 1.165) is 35.9 Å². The van der Waals surface area contributed by atoms with E-state index in [2.05, 4.69) is 24.5 Å². The molecule has 18 heavy (non-hydrogen) atoms. The average Bonchev–Trinajstić information content (AvgIpc) is 2.77. The minimum Gasteiger partial charge on any atom is -0.389 e. The summed E-state index contributed by atoms with van der Waals surface area (Å²) in [6.07, 6.45) is 4.10. The van der Waals surface area contributed by atoms with Crippen LogP contribution >= 0.6 is 22.9 Å². The molecule has 2 N–H and O–H groups in total. The van der Waals surface area contributed by atoms with Crippen LogP contribution in [0.2, 0.25) is 4.34 Å². The molecule has 102 valence electrons. The summed E-state index contributed by atoms with van der Waals surface area (Å²) in [7, 11) is 0. The molecule has 1 aliphatic rings. The van der Waals surface area contributed by atoms with Crippen molar-refractivity contribution in [2.45, 2.75) is 51.2 Å². The topological polar surface area (TPSA) is 32.3 Å². The summed E-state index contributed by atoms with van der Waals surface area (Å²) in [5.74, 6) is 0.762. The number of nitrogens with one attached hydrogen (secondary N) is 1. The van der Waals surface area contributed by atoms with E-state index in [0.29, 0.717) is 6.54 Å². The van der Waals surface area contributed by atoms with Gasteiger partial charge in [0, 0.05) is 12.6 Å². The highest BCUT2D eigenvalue weighted by molar-refractivity contribution is 7.14. The van der Waals surface area contributed by atoms with Crippen LogP contribution in [0.3, 0.4) is 0 Å². The Morgan fingerprint density at radius 3 is 2.78 bits per heavy atom. The monoisotopic (exact) mass is 287 g/mol. The smallest absolute Gasteiger partial charge is 0.0931 e. The Morgan fingerprint density at radius 2 is 2.22 bits per heavy atom. The van der Waals surface area contributed by atoms with Gasteiger partial charge in [0.25, 0.3) is 0 Å². The van der Waals surface area contributed by atoms with Crippen molar-refractivity contribution in [2.24, 2.45) is 5.92 Å². The van der Waals surface area contributed by atoms with Crippen LogP contribution in [0.5, 0.6) is 0 Å².